The van der Waals surface area contributed by atoms with Gasteiger partial charge in [0.1, 0.15) is 0 Å². The van der Waals surface area contributed by atoms with E-state index in [-0.39, 0.29) is 23.8 Å². The van der Waals surface area contributed by atoms with Crippen LogP contribution in [-0.2, 0) is 16.8 Å². The van der Waals surface area contributed by atoms with Gasteiger partial charge in [-0.25, -0.2) is 0 Å². The van der Waals surface area contributed by atoms with Crippen molar-refractivity contribution in [3.63, 3.8) is 0 Å². The Morgan fingerprint density at radius 3 is 2.55 bits per heavy atom. The Kier molecular flexibility index (Phi) is 5.78. The number of amides is 1. The summed E-state index contributed by atoms with van der Waals surface area (Å²) >= 11 is 0. The minimum Gasteiger partial charge on any atom is -0.385 e. The topological polar surface area (TPSA) is 40.5 Å². The number of hydrogen-bond donors (Lipinski definition) is 1. The fourth-order valence-corrected chi connectivity index (χ4v) is 5.80. The van der Waals surface area contributed by atoms with Crippen molar-refractivity contribution in [3.8, 4) is 0 Å². The molecule has 0 bridgehead atoms. The standard InChI is InChI=1S/C26H33NO2/c1-3-10-23-24(4-2)27(18-17-26(23,29)20-12-6-5-7-13-20)25(28)22-16-15-19-11-8-9-14-21(19)22/h5-9,11-14,22-24,29H,3-4,10,15-18H2,1-2H3/t22?,23-,24+,26-/m1/s1. The van der Waals surface area contributed by atoms with E-state index in [1.165, 1.54) is 11.1 Å². The number of aryl methyl sites for hydroxylation is 1. The summed E-state index contributed by atoms with van der Waals surface area (Å²) in [5.41, 5.74) is 2.67. The summed E-state index contributed by atoms with van der Waals surface area (Å²) in [6.07, 6.45) is 5.31. The SMILES string of the molecule is CCC[C@@H]1[C@H](CC)N(C(=O)C2CCc3ccccc32)CC[C@@]1(O)c1ccccc1. The van der Waals surface area contributed by atoms with Crippen LogP contribution in [0.25, 0.3) is 0 Å². The highest BCUT2D eigenvalue weighted by molar-refractivity contribution is 5.85. The summed E-state index contributed by atoms with van der Waals surface area (Å²) in [5.74, 6) is 0.303. The number of piperidine rings is 1. The summed E-state index contributed by atoms with van der Waals surface area (Å²) in [6.45, 7) is 4.96. The maximum absolute atomic E-state index is 13.7. The van der Waals surface area contributed by atoms with Crippen LogP contribution < -0.4 is 0 Å². The molecule has 154 valence electrons. The van der Waals surface area contributed by atoms with Crippen LogP contribution in [0.15, 0.2) is 54.6 Å². The fourth-order valence-electron chi connectivity index (χ4n) is 5.80. The highest BCUT2D eigenvalue weighted by Gasteiger charge is 2.49. The first-order valence-corrected chi connectivity index (χ1v) is 11.3. The van der Waals surface area contributed by atoms with Crippen molar-refractivity contribution in [1.29, 1.82) is 0 Å². The Bertz CT molecular complexity index is 849. The van der Waals surface area contributed by atoms with Gasteiger partial charge in [0.2, 0.25) is 5.91 Å². The summed E-state index contributed by atoms with van der Waals surface area (Å²) in [5, 5.41) is 11.8. The van der Waals surface area contributed by atoms with E-state index in [0.717, 1.165) is 37.7 Å². The molecule has 1 aliphatic carbocycles. The number of hydrogen-bond acceptors (Lipinski definition) is 2. The van der Waals surface area contributed by atoms with Crippen molar-refractivity contribution >= 4 is 5.91 Å². The number of carbonyl (C=O) groups is 1. The smallest absolute Gasteiger partial charge is 0.230 e. The molecule has 3 nitrogen and oxygen atoms in total. The Hall–Kier alpha value is -2.13. The van der Waals surface area contributed by atoms with E-state index >= 15 is 0 Å². The van der Waals surface area contributed by atoms with Crippen LogP contribution in [0, 0.1) is 5.92 Å². The summed E-state index contributed by atoms with van der Waals surface area (Å²) in [4.78, 5) is 15.8. The second kappa shape index (κ2) is 8.31. The van der Waals surface area contributed by atoms with Gasteiger partial charge in [-0.2, -0.15) is 0 Å². The lowest BCUT2D eigenvalue weighted by Gasteiger charge is -2.51. The molecule has 1 amide bonds. The second-order valence-corrected chi connectivity index (χ2v) is 8.73. The minimum atomic E-state index is -0.859. The average Bonchev–Trinajstić information content (AvgIpc) is 3.19. The van der Waals surface area contributed by atoms with E-state index in [9.17, 15) is 9.90 Å². The van der Waals surface area contributed by atoms with Crippen LogP contribution in [0.5, 0.6) is 0 Å². The van der Waals surface area contributed by atoms with Gasteiger partial charge in [0.05, 0.1) is 11.5 Å². The number of benzene rings is 2. The largest absolute Gasteiger partial charge is 0.385 e. The van der Waals surface area contributed by atoms with Gasteiger partial charge < -0.3 is 10.0 Å². The molecule has 1 unspecified atom stereocenters. The first kappa shape index (κ1) is 20.2. The molecule has 2 aromatic carbocycles. The Morgan fingerprint density at radius 2 is 1.83 bits per heavy atom. The maximum Gasteiger partial charge on any atom is 0.230 e. The number of fused-ring (bicyclic) bond motifs is 1. The van der Waals surface area contributed by atoms with E-state index in [0.29, 0.717) is 13.0 Å². The van der Waals surface area contributed by atoms with Crippen molar-refractivity contribution in [2.24, 2.45) is 5.92 Å². The lowest BCUT2D eigenvalue weighted by atomic mass is 9.69. The molecule has 0 aromatic heterocycles. The molecular weight excluding hydrogens is 358 g/mol. The second-order valence-electron chi connectivity index (χ2n) is 8.73. The summed E-state index contributed by atoms with van der Waals surface area (Å²) in [6, 6.07) is 18.6. The van der Waals surface area contributed by atoms with Gasteiger partial charge in [-0.05, 0) is 48.8 Å². The molecular formula is C26H33NO2. The molecule has 4 rings (SSSR count). The van der Waals surface area contributed by atoms with E-state index in [4.69, 9.17) is 0 Å². The average molecular weight is 392 g/mol. The van der Waals surface area contributed by atoms with Gasteiger partial charge >= 0.3 is 0 Å². The molecule has 4 atom stereocenters. The Morgan fingerprint density at radius 1 is 1.10 bits per heavy atom. The zero-order chi connectivity index (χ0) is 20.4. The van der Waals surface area contributed by atoms with Gasteiger partial charge in [-0.3, -0.25) is 4.79 Å². The summed E-state index contributed by atoms with van der Waals surface area (Å²) in [7, 11) is 0. The predicted octanol–water partition coefficient (Wildman–Crippen LogP) is 5.03. The molecule has 1 heterocycles. The van der Waals surface area contributed by atoms with Gasteiger partial charge in [0.15, 0.2) is 0 Å². The molecule has 2 aromatic rings. The Labute approximate surface area is 174 Å². The van der Waals surface area contributed by atoms with Crippen LogP contribution in [0.1, 0.15) is 68.6 Å². The molecule has 1 aliphatic heterocycles. The molecule has 3 heteroatoms. The Balaban J connectivity index is 1.64. The highest BCUT2D eigenvalue weighted by atomic mass is 16.3. The van der Waals surface area contributed by atoms with Crippen molar-refractivity contribution in [2.75, 3.05) is 6.54 Å². The van der Waals surface area contributed by atoms with Gasteiger partial charge in [-0.1, -0.05) is 74.9 Å². The molecule has 1 saturated heterocycles. The predicted molar refractivity (Wildman–Crippen MR) is 117 cm³/mol. The third kappa shape index (κ3) is 3.50. The number of nitrogens with zero attached hydrogens (tertiary/aromatic N) is 1. The summed E-state index contributed by atoms with van der Waals surface area (Å²) < 4.78 is 0. The molecule has 1 N–H and O–H groups in total. The molecule has 29 heavy (non-hydrogen) atoms. The van der Waals surface area contributed by atoms with Crippen molar-refractivity contribution < 1.29 is 9.90 Å². The van der Waals surface area contributed by atoms with Gasteiger partial charge in [0.25, 0.3) is 0 Å². The number of rotatable bonds is 5. The quantitative estimate of drug-likeness (QED) is 0.776. The molecule has 0 spiro atoms. The van der Waals surface area contributed by atoms with Crippen LogP contribution in [-0.4, -0.2) is 28.5 Å². The van der Waals surface area contributed by atoms with Crippen molar-refractivity contribution in [2.45, 2.75) is 69.9 Å². The third-order valence-electron chi connectivity index (χ3n) is 7.22. The van der Waals surface area contributed by atoms with Gasteiger partial charge in [-0.15, -0.1) is 0 Å². The third-order valence-corrected chi connectivity index (χ3v) is 7.22. The highest BCUT2D eigenvalue weighted by Crippen LogP contribution is 2.45. The number of likely N-dealkylation sites (tertiary alicyclic amines) is 1. The van der Waals surface area contributed by atoms with Crippen molar-refractivity contribution in [1.82, 2.24) is 4.90 Å². The van der Waals surface area contributed by atoms with E-state index < -0.39 is 5.60 Å². The van der Waals surface area contributed by atoms with Crippen molar-refractivity contribution in [3.05, 3.63) is 71.3 Å². The van der Waals surface area contributed by atoms with E-state index in [1.54, 1.807) is 0 Å². The molecule has 0 saturated carbocycles. The molecule has 2 aliphatic rings. The zero-order valence-corrected chi connectivity index (χ0v) is 17.7. The lowest BCUT2D eigenvalue weighted by Crippen LogP contribution is -2.58. The van der Waals surface area contributed by atoms with Crippen LogP contribution in [0.2, 0.25) is 0 Å². The first-order chi connectivity index (χ1) is 14.1. The number of carbonyl (C=O) groups excluding carboxylic acids is 1. The molecule has 1 fully saturated rings. The molecule has 0 radical (unpaired) electrons. The van der Waals surface area contributed by atoms with E-state index in [2.05, 4.69) is 36.9 Å². The minimum absolute atomic E-state index is 0.0227. The van der Waals surface area contributed by atoms with Gasteiger partial charge in [0, 0.05) is 18.5 Å². The number of aliphatic hydroxyl groups is 1. The van der Waals surface area contributed by atoms with Crippen LogP contribution in [0.4, 0.5) is 0 Å². The van der Waals surface area contributed by atoms with E-state index in [1.807, 2.05) is 36.4 Å². The lowest BCUT2D eigenvalue weighted by molar-refractivity contribution is -0.153. The normalized spacial score (nSPS) is 28.9. The maximum atomic E-state index is 13.7. The van der Waals surface area contributed by atoms with Crippen LogP contribution in [0.3, 0.4) is 0 Å². The monoisotopic (exact) mass is 391 g/mol. The fraction of sp³-hybridized carbons (Fsp3) is 0.500. The van der Waals surface area contributed by atoms with Crippen LogP contribution >= 0.6 is 0 Å². The zero-order valence-electron chi connectivity index (χ0n) is 17.7. The first-order valence-electron chi connectivity index (χ1n) is 11.3.